The Balaban J connectivity index is 1.94. The lowest BCUT2D eigenvalue weighted by molar-refractivity contribution is 0.0695. The van der Waals surface area contributed by atoms with Gasteiger partial charge in [-0.3, -0.25) is 0 Å². The Morgan fingerprint density at radius 3 is 2.89 bits per heavy atom. The lowest BCUT2D eigenvalue weighted by atomic mass is 9.98. The number of carboxylic acid groups (broad SMARTS) is 1. The van der Waals surface area contributed by atoms with Gasteiger partial charge >= 0.3 is 5.97 Å². The SMILES string of the molecule is CC1CC(NCc2ccccc2C(=O)O)CCN1C. The van der Waals surface area contributed by atoms with Gasteiger partial charge < -0.3 is 15.3 Å². The molecule has 1 aromatic carbocycles. The Hall–Kier alpha value is -1.39. The normalized spacial score (nSPS) is 24.3. The molecule has 4 heteroatoms. The van der Waals surface area contributed by atoms with Crippen molar-refractivity contribution in [3.8, 4) is 0 Å². The lowest BCUT2D eigenvalue weighted by Gasteiger charge is -2.35. The van der Waals surface area contributed by atoms with Crippen LogP contribution in [0.25, 0.3) is 0 Å². The van der Waals surface area contributed by atoms with Gasteiger partial charge in [-0.25, -0.2) is 4.79 Å². The number of hydrogen-bond donors (Lipinski definition) is 2. The number of nitrogens with one attached hydrogen (secondary N) is 1. The monoisotopic (exact) mass is 262 g/mol. The average Bonchev–Trinajstić information content (AvgIpc) is 2.40. The molecule has 1 aromatic rings. The van der Waals surface area contributed by atoms with Crippen LogP contribution >= 0.6 is 0 Å². The number of nitrogens with zero attached hydrogens (tertiary/aromatic N) is 1. The molecule has 0 radical (unpaired) electrons. The summed E-state index contributed by atoms with van der Waals surface area (Å²) in [4.78, 5) is 13.5. The predicted molar refractivity (Wildman–Crippen MR) is 75.4 cm³/mol. The van der Waals surface area contributed by atoms with Crippen LogP contribution in [0.5, 0.6) is 0 Å². The molecule has 104 valence electrons. The minimum atomic E-state index is -0.853. The van der Waals surface area contributed by atoms with Crippen molar-refractivity contribution in [2.75, 3.05) is 13.6 Å². The second-order valence-electron chi connectivity index (χ2n) is 5.39. The van der Waals surface area contributed by atoms with Gasteiger partial charge in [-0.1, -0.05) is 18.2 Å². The fourth-order valence-corrected chi connectivity index (χ4v) is 2.61. The number of likely N-dealkylation sites (tertiary alicyclic amines) is 1. The fraction of sp³-hybridized carbons (Fsp3) is 0.533. The van der Waals surface area contributed by atoms with Crippen LogP contribution in [-0.2, 0) is 6.54 Å². The van der Waals surface area contributed by atoms with Crippen LogP contribution in [0.4, 0.5) is 0 Å². The minimum absolute atomic E-state index is 0.399. The molecule has 2 unspecified atom stereocenters. The molecule has 0 saturated carbocycles. The van der Waals surface area contributed by atoms with Gasteiger partial charge in [-0.05, 0) is 45.0 Å². The number of hydrogen-bond acceptors (Lipinski definition) is 3. The lowest BCUT2D eigenvalue weighted by Crippen LogP contribution is -2.45. The molecule has 2 N–H and O–H groups in total. The summed E-state index contributed by atoms with van der Waals surface area (Å²) < 4.78 is 0. The summed E-state index contributed by atoms with van der Waals surface area (Å²) >= 11 is 0. The molecule has 4 nitrogen and oxygen atoms in total. The summed E-state index contributed by atoms with van der Waals surface area (Å²) in [6.07, 6.45) is 2.24. The van der Waals surface area contributed by atoms with Crippen molar-refractivity contribution in [3.63, 3.8) is 0 Å². The minimum Gasteiger partial charge on any atom is -0.478 e. The van der Waals surface area contributed by atoms with Gasteiger partial charge in [-0.15, -0.1) is 0 Å². The van der Waals surface area contributed by atoms with E-state index in [1.54, 1.807) is 12.1 Å². The number of aromatic carboxylic acids is 1. The zero-order chi connectivity index (χ0) is 13.8. The maximum atomic E-state index is 11.1. The van der Waals surface area contributed by atoms with Gasteiger partial charge in [0.2, 0.25) is 0 Å². The van der Waals surface area contributed by atoms with Gasteiger partial charge in [0.1, 0.15) is 0 Å². The van der Waals surface area contributed by atoms with Crippen molar-refractivity contribution in [3.05, 3.63) is 35.4 Å². The molecular weight excluding hydrogens is 240 g/mol. The second-order valence-corrected chi connectivity index (χ2v) is 5.39. The first-order valence-corrected chi connectivity index (χ1v) is 6.82. The smallest absolute Gasteiger partial charge is 0.336 e. The molecule has 1 aliphatic rings. The van der Waals surface area contributed by atoms with Crippen molar-refractivity contribution in [1.82, 2.24) is 10.2 Å². The van der Waals surface area contributed by atoms with Gasteiger partial charge in [0.25, 0.3) is 0 Å². The van der Waals surface area contributed by atoms with E-state index in [1.165, 1.54) is 0 Å². The molecule has 0 aromatic heterocycles. The Bertz CT molecular complexity index is 448. The van der Waals surface area contributed by atoms with Crippen LogP contribution in [-0.4, -0.2) is 41.7 Å². The quantitative estimate of drug-likeness (QED) is 0.871. The Morgan fingerprint density at radius 1 is 1.47 bits per heavy atom. The van der Waals surface area contributed by atoms with Gasteiger partial charge in [0, 0.05) is 18.6 Å². The first kappa shape index (κ1) is 14.0. The molecule has 0 amide bonds. The van der Waals surface area contributed by atoms with Crippen molar-refractivity contribution < 1.29 is 9.90 Å². The Labute approximate surface area is 114 Å². The van der Waals surface area contributed by atoms with Gasteiger partial charge in [-0.2, -0.15) is 0 Å². The standard InChI is InChI=1S/C15H22N2O2/c1-11-9-13(7-8-17(11)2)16-10-12-5-3-4-6-14(12)15(18)19/h3-6,11,13,16H,7-10H2,1-2H3,(H,18,19). The molecular formula is C15H22N2O2. The highest BCUT2D eigenvalue weighted by molar-refractivity contribution is 5.89. The zero-order valence-electron chi connectivity index (χ0n) is 11.6. The number of piperidine rings is 1. The maximum absolute atomic E-state index is 11.1. The van der Waals surface area contributed by atoms with Gasteiger partial charge in [0.15, 0.2) is 0 Å². The highest BCUT2D eigenvalue weighted by Crippen LogP contribution is 2.16. The number of carbonyl (C=O) groups is 1. The topological polar surface area (TPSA) is 52.6 Å². The number of benzene rings is 1. The Morgan fingerprint density at radius 2 is 2.21 bits per heavy atom. The van der Waals surface area contributed by atoms with E-state index in [4.69, 9.17) is 5.11 Å². The highest BCUT2D eigenvalue weighted by atomic mass is 16.4. The number of carboxylic acids is 1. The molecule has 1 heterocycles. The van der Waals surface area contributed by atoms with Crippen LogP contribution in [0, 0.1) is 0 Å². The second kappa shape index (κ2) is 6.17. The molecule has 0 aliphatic carbocycles. The first-order chi connectivity index (χ1) is 9.08. The molecule has 19 heavy (non-hydrogen) atoms. The third-order valence-corrected chi connectivity index (χ3v) is 4.04. The third kappa shape index (κ3) is 3.55. The summed E-state index contributed by atoms with van der Waals surface area (Å²) in [5.41, 5.74) is 1.26. The van der Waals surface area contributed by atoms with Crippen LogP contribution in [0.15, 0.2) is 24.3 Å². The van der Waals surface area contributed by atoms with Crippen molar-refractivity contribution in [2.45, 2.75) is 38.4 Å². The van der Waals surface area contributed by atoms with E-state index in [0.717, 1.165) is 24.9 Å². The Kier molecular flexibility index (Phi) is 4.56. The summed E-state index contributed by atoms with van der Waals surface area (Å²) in [6.45, 7) is 3.96. The summed E-state index contributed by atoms with van der Waals surface area (Å²) in [5.74, 6) is -0.853. The molecule has 2 rings (SSSR count). The predicted octanol–water partition coefficient (Wildman–Crippen LogP) is 1.96. The first-order valence-electron chi connectivity index (χ1n) is 6.82. The zero-order valence-corrected chi connectivity index (χ0v) is 11.6. The van der Waals surface area contributed by atoms with Crippen LogP contribution in [0.2, 0.25) is 0 Å². The summed E-state index contributed by atoms with van der Waals surface area (Å²) in [6, 6.07) is 8.27. The van der Waals surface area contributed by atoms with Gasteiger partial charge in [0.05, 0.1) is 5.56 Å². The summed E-state index contributed by atoms with van der Waals surface area (Å²) in [5, 5.41) is 12.6. The molecule has 0 bridgehead atoms. The van der Waals surface area contributed by atoms with E-state index in [1.807, 2.05) is 12.1 Å². The molecule has 1 saturated heterocycles. The van der Waals surface area contributed by atoms with Crippen LogP contribution in [0.3, 0.4) is 0 Å². The summed E-state index contributed by atoms with van der Waals surface area (Å²) in [7, 11) is 2.15. The average molecular weight is 262 g/mol. The largest absolute Gasteiger partial charge is 0.478 e. The van der Waals surface area contributed by atoms with E-state index in [9.17, 15) is 4.79 Å². The van der Waals surface area contributed by atoms with Crippen molar-refractivity contribution in [1.29, 1.82) is 0 Å². The van der Waals surface area contributed by atoms with Crippen molar-refractivity contribution in [2.24, 2.45) is 0 Å². The van der Waals surface area contributed by atoms with Crippen LogP contribution < -0.4 is 5.32 Å². The van der Waals surface area contributed by atoms with E-state index in [0.29, 0.717) is 24.2 Å². The van der Waals surface area contributed by atoms with E-state index < -0.39 is 5.97 Å². The third-order valence-electron chi connectivity index (χ3n) is 4.04. The fourth-order valence-electron chi connectivity index (χ4n) is 2.61. The van der Waals surface area contributed by atoms with Crippen molar-refractivity contribution >= 4 is 5.97 Å². The van der Waals surface area contributed by atoms with E-state index in [-0.39, 0.29) is 0 Å². The number of rotatable bonds is 4. The van der Waals surface area contributed by atoms with E-state index >= 15 is 0 Å². The van der Waals surface area contributed by atoms with E-state index in [2.05, 4.69) is 24.2 Å². The maximum Gasteiger partial charge on any atom is 0.336 e. The van der Waals surface area contributed by atoms with Crippen LogP contribution in [0.1, 0.15) is 35.7 Å². The highest BCUT2D eigenvalue weighted by Gasteiger charge is 2.22. The molecule has 2 atom stereocenters. The molecule has 1 fully saturated rings. The molecule has 1 aliphatic heterocycles. The molecule has 0 spiro atoms.